The van der Waals surface area contributed by atoms with Gasteiger partial charge in [0.05, 0.1) is 5.54 Å². The number of hydrogen-bond acceptors (Lipinski definition) is 3. The van der Waals surface area contributed by atoms with E-state index >= 15 is 0 Å². The zero-order chi connectivity index (χ0) is 13.7. The van der Waals surface area contributed by atoms with Gasteiger partial charge in [-0.2, -0.15) is 0 Å². The second-order valence-corrected chi connectivity index (χ2v) is 6.28. The molecule has 2 aliphatic rings. The average Bonchev–Trinajstić information content (AvgIpc) is 2.39. The highest BCUT2D eigenvalue weighted by molar-refractivity contribution is 5.77. The molecule has 0 aromatic rings. The van der Waals surface area contributed by atoms with Crippen molar-refractivity contribution >= 4 is 5.91 Å². The molecule has 1 N–H and O–H groups in total. The zero-order valence-electron chi connectivity index (χ0n) is 12.6. The number of nitrogens with one attached hydrogen (secondary N) is 1. The van der Waals surface area contributed by atoms with Crippen molar-refractivity contribution in [1.29, 1.82) is 0 Å². The third-order valence-electron chi connectivity index (χ3n) is 4.74. The fourth-order valence-electron chi connectivity index (χ4n) is 3.75. The maximum absolute atomic E-state index is 12.5. The van der Waals surface area contributed by atoms with Gasteiger partial charge in [-0.3, -0.25) is 4.79 Å². The number of likely N-dealkylation sites (N-methyl/N-ethyl adjacent to an activating group) is 1. The number of carbonyl (C=O) groups excluding carboxylic acids is 1. The van der Waals surface area contributed by atoms with Crippen LogP contribution in [0.5, 0.6) is 0 Å². The molecule has 1 amide bonds. The largest absolute Gasteiger partial charge is 0.334 e. The lowest BCUT2D eigenvalue weighted by Crippen LogP contribution is -2.63. The van der Waals surface area contributed by atoms with Crippen LogP contribution in [0.15, 0.2) is 0 Å². The van der Waals surface area contributed by atoms with Gasteiger partial charge in [-0.05, 0) is 39.9 Å². The lowest BCUT2D eigenvalue weighted by molar-refractivity contribution is -0.144. The first-order valence-corrected chi connectivity index (χ1v) is 7.82. The van der Waals surface area contributed by atoms with Crippen LogP contribution in [0.4, 0.5) is 0 Å². The molecule has 19 heavy (non-hydrogen) atoms. The minimum atomic E-state index is 0.155. The summed E-state index contributed by atoms with van der Waals surface area (Å²) < 4.78 is 0. The summed E-state index contributed by atoms with van der Waals surface area (Å²) in [5.74, 6) is 0.380. The number of piperazine rings is 1. The van der Waals surface area contributed by atoms with Gasteiger partial charge in [0.15, 0.2) is 0 Å². The van der Waals surface area contributed by atoms with E-state index in [-0.39, 0.29) is 5.54 Å². The second kappa shape index (κ2) is 6.71. The topological polar surface area (TPSA) is 35.6 Å². The van der Waals surface area contributed by atoms with E-state index in [9.17, 15) is 4.79 Å². The molecular formula is C15H29N3O. The summed E-state index contributed by atoms with van der Waals surface area (Å²) in [6.45, 7) is 3.96. The van der Waals surface area contributed by atoms with E-state index in [2.05, 4.69) is 22.2 Å². The first-order chi connectivity index (χ1) is 9.18. The van der Waals surface area contributed by atoms with Crippen LogP contribution in [0.3, 0.4) is 0 Å². The van der Waals surface area contributed by atoms with Crippen LogP contribution in [-0.2, 0) is 4.79 Å². The van der Waals surface area contributed by atoms with E-state index in [0.717, 1.165) is 32.6 Å². The number of amides is 1. The molecule has 110 valence electrons. The molecule has 1 spiro atoms. The second-order valence-electron chi connectivity index (χ2n) is 6.28. The Morgan fingerprint density at radius 3 is 2.63 bits per heavy atom. The van der Waals surface area contributed by atoms with E-state index < -0.39 is 0 Å². The Morgan fingerprint density at radius 2 is 1.95 bits per heavy atom. The normalized spacial score (nSPS) is 23.8. The van der Waals surface area contributed by atoms with E-state index in [4.69, 9.17) is 0 Å². The van der Waals surface area contributed by atoms with Crippen LogP contribution in [0, 0.1) is 0 Å². The van der Waals surface area contributed by atoms with Gasteiger partial charge in [-0.25, -0.2) is 0 Å². The standard InChI is InChI=1S/C15H29N3O/c1-16-10-6-7-14(19)18-12-11-17(2)13-15(18)8-4-3-5-9-15/h16H,3-13H2,1-2H3. The van der Waals surface area contributed by atoms with Gasteiger partial charge in [0.1, 0.15) is 0 Å². The Labute approximate surface area is 117 Å². The van der Waals surface area contributed by atoms with Crippen molar-refractivity contribution < 1.29 is 4.79 Å². The lowest BCUT2D eigenvalue weighted by atomic mass is 9.78. The minimum absolute atomic E-state index is 0.155. The van der Waals surface area contributed by atoms with Gasteiger partial charge < -0.3 is 15.1 Å². The summed E-state index contributed by atoms with van der Waals surface area (Å²) in [5.41, 5.74) is 0.155. The van der Waals surface area contributed by atoms with Crippen molar-refractivity contribution in [2.45, 2.75) is 50.5 Å². The molecule has 1 heterocycles. The zero-order valence-corrected chi connectivity index (χ0v) is 12.6. The predicted octanol–water partition coefficient (Wildman–Crippen LogP) is 1.46. The Morgan fingerprint density at radius 1 is 1.21 bits per heavy atom. The summed E-state index contributed by atoms with van der Waals surface area (Å²) in [6, 6.07) is 0. The van der Waals surface area contributed by atoms with Gasteiger partial charge in [0, 0.05) is 26.1 Å². The van der Waals surface area contributed by atoms with Crippen molar-refractivity contribution in [3.8, 4) is 0 Å². The molecule has 0 aromatic heterocycles. The molecule has 1 aliphatic heterocycles. The van der Waals surface area contributed by atoms with Gasteiger partial charge in [-0.15, -0.1) is 0 Å². The van der Waals surface area contributed by atoms with Crippen LogP contribution >= 0.6 is 0 Å². The molecule has 0 atom stereocenters. The average molecular weight is 267 g/mol. The van der Waals surface area contributed by atoms with Crippen LogP contribution in [0.2, 0.25) is 0 Å². The Bertz CT molecular complexity index is 300. The number of carbonyl (C=O) groups is 1. The van der Waals surface area contributed by atoms with Gasteiger partial charge in [-0.1, -0.05) is 19.3 Å². The van der Waals surface area contributed by atoms with Gasteiger partial charge in [0.25, 0.3) is 0 Å². The maximum Gasteiger partial charge on any atom is 0.223 e. The molecule has 0 aromatic carbocycles. The predicted molar refractivity (Wildman–Crippen MR) is 78.2 cm³/mol. The molecule has 2 rings (SSSR count). The SMILES string of the molecule is CNCCCC(=O)N1CCN(C)CC12CCCCC2. The lowest BCUT2D eigenvalue weighted by Gasteiger charge is -2.52. The van der Waals surface area contributed by atoms with E-state index in [1.54, 1.807) is 0 Å². The van der Waals surface area contributed by atoms with Crippen LogP contribution in [0.1, 0.15) is 44.9 Å². The van der Waals surface area contributed by atoms with Crippen molar-refractivity contribution in [2.24, 2.45) is 0 Å². The molecule has 4 heteroatoms. The number of rotatable bonds is 4. The third-order valence-corrected chi connectivity index (χ3v) is 4.74. The van der Waals surface area contributed by atoms with Crippen molar-refractivity contribution in [2.75, 3.05) is 40.3 Å². The molecule has 0 bridgehead atoms. The summed E-state index contributed by atoms with van der Waals surface area (Å²) in [7, 11) is 4.14. The summed E-state index contributed by atoms with van der Waals surface area (Å²) in [5, 5.41) is 3.13. The van der Waals surface area contributed by atoms with Crippen LogP contribution in [-0.4, -0.2) is 61.5 Å². The van der Waals surface area contributed by atoms with Crippen LogP contribution < -0.4 is 5.32 Å². The molecule has 0 unspecified atom stereocenters. The summed E-state index contributed by atoms with van der Waals surface area (Å²) >= 11 is 0. The first-order valence-electron chi connectivity index (χ1n) is 7.82. The van der Waals surface area contributed by atoms with E-state index in [1.165, 1.54) is 32.1 Å². The molecule has 0 radical (unpaired) electrons. The highest BCUT2D eigenvalue weighted by atomic mass is 16.2. The van der Waals surface area contributed by atoms with E-state index in [0.29, 0.717) is 12.3 Å². The van der Waals surface area contributed by atoms with Crippen LogP contribution in [0.25, 0.3) is 0 Å². The minimum Gasteiger partial charge on any atom is -0.334 e. The number of nitrogens with zero attached hydrogens (tertiary/aromatic N) is 2. The van der Waals surface area contributed by atoms with Gasteiger partial charge >= 0.3 is 0 Å². The maximum atomic E-state index is 12.5. The molecule has 2 fully saturated rings. The summed E-state index contributed by atoms with van der Waals surface area (Å²) in [6.07, 6.45) is 7.98. The highest BCUT2D eigenvalue weighted by Gasteiger charge is 2.43. The molecule has 4 nitrogen and oxygen atoms in total. The fraction of sp³-hybridized carbons (Fsp3) is 0.933. The highest BCUT2D eigenvalue weighted by Crippen LogP contribution is 2.36. The third kappa shape index (κ3) is 3.48. The van der Waals surface area contributed by atoms with Crippen molar-refractivity contribution in [3.63, 3.8) is 0 Å². The smallest absolute Gasteiger partial charge is 0.223 e. The molecular weight excluding hydrogens is 238 g/mol. The molecule has 1 saturated heterocycles. The monoisotopic (exact) mass is 267 g/mol. The Kier molecular flexibility index (Phi) is 5.22. The van der Waals surface area contributed by atoms with E-state index in [1.807, 2.05) is 7.05 Å². The quantitative estimate of drug-likeness (QED) is 0.783. The Balaban J connectivity index is 2.00. The Hall–Kier alpha value is -0.610. The molecule has 1 saturated carbocycles. The van der Waals surface area contributed by atoms with Crippen molar-refractivity contribution in [3.05, 3.63) is 0 Å². The number of hydrogen-bond donors (Lipinski definition) is 1. The first kappa shape index (κ1) is 14.8. The summed E-state index contributed by atoms with van der Waals surface area (Å²) in [4.78, 5) is 17.2. The fourth-order valence-corrected chi connectivity index (χ4v) is 3.75. The molecule has 1 aliphatic carbocycles. The van der Waals surface area contributed by atoms with Crippen molar-refractivity contribution in [1.82, 2.24) is 15.1 Å². The van der Waals surface area contributed by atoms with Gasteiger partial charge in [0.2, 0.25) is 5.91 Å².